The second-order valence-electron chi connectivity index (χ2n) is 1.17. The van der Waals surface area contributed by atoms with Crippen molar-refractivity contribution in [2.45, 2.75) is 13.8 Å². The summed E-state index contributed by atoms with van der Waals surface area (Å²) in [5, 5.41) is 17.7. The molecule has 0 aliphatic heterocycles. The number of aliphatic carboxylic acids is 1. The van der Waals surface area contributed by atoms with Crippen molar-refractivity contribution in [3.8, 4) is 0 Å². The third kappa shape index (κ3) is 68.1. The van der Waals surface area contributed by atoms with Gasteiger partial charge in [-0.05, 0) is 5.04 Å². The van der Waals surface area contributed by atoms with Crippen LogP contribution in [-0.4, -0.2) is 22.3 Å². The van der Waals surface area contributed by atoms with Crippen LogP contribution in [0.3, 0.4) is 0 Å². The summed E-state index contributed by atoms with van der Waals surface area (Å²) in [4.78, 5) is 22.0. The van der Waals surface area contributed by atoms with Gasteiger partial charge in [0.1, 0.15) is 0 Å². The van der Waals surface area contributed by atoms with E-state index in [1.165, 1.54) is 0 Å². The van der Waals surface area contributed by atoms with Crippen molar-refractivity contribution in [3.63, 3.8) is 0 Å². The van der Waals surface area contributed by atoms with Gasteiger partial charge in [-0.1, -0.05) is 0 Å². The third-order valence-corrected chi connectivity index (χ3v) is 0.155. The Kier molecular flexibility index (Phi) is 9.14. The largest absolute Gasteiger partial charge is 0.481 e. The van der Waals surface area contributed by atoms with E-state index in [0.717, 1.165) is 13.8 Å². The Hall–Kier alpha value is -1.14. The lowest BCUT2D eigenvalue weighted by Crippen LogP contribution is -1.95. The van der Waals surface area contributed by atoms with Crippen LogP contribution in [0.5, 0.6) is 0 Å². The first kappa shape index (κ1) is 11.6. The van der Waals surface area contributed by atoms with Crippen LogP contribution in [0.15, 0.2) is 0 Å². The molecule has 0 spiro atoms. The van der Waals surface area contributed by atoms with Crippen LogP contribution in [-0.2, 0) is 19.5 Å². The van der Waals surface area contributed by atoms with E-state index in [1.54, 1.807) is 0 Å². The first-order valence-electron chi connectivity index (χ1n) is 2.19. The van der Waals surface area contributed by atoms with Crippen molar-refractivity contribution >= 4 is 11.9 Å². The van der Waals surface area contributed by atoms with Crippen LogP contribution in [0.1, 0.15) is 13.8 Å². The van der Waals surface area contributed by atoms with E-state index in [2.05, 4.69) is 9.93 Å². The minimum Gasteiger partial charge on any atom is -0.481 e. The fourth-order valence-corrected chi connectivity index (χ4v) is 0.0525. The molecule has 0 radical (unpaired) electrons. The van der Waals surface area contributed by atoms with E-state index < -0.39 is 11.9 Å². The number of hydrogen-bond acceptors (Lipinski definition) is 5. The fourth-order valence-electron chi connectivity index (χ4n) is 0.0525. The van der Waals surface area contributed by atoms with E-state index in [1.807, 2.05) is 0 Å². The molecule has 0 rings (SSSR count). The van der Waals surface area contributed by atoms with Crippen molar-refractivity contribution < 1.29 is 29.9 Å². The quantitative estimate of drug-likeness (QED) is 0.407. The standard InChI is InChI=1S/C2H4O4.C2H4O2/c1-2(3)5-6-4;1-2(3)4/h4H,1H3;1H3,(H,3,4). The maximum atomic E-state index is 9.54. The molecule has 6 heteroatoms. The van der Waals surface area contributed by atoms with Gasteiger partial charge >= 0.3 is 5.97 Å². The Bertz CT molecular complexity index is 104. The Balaban J connectivity index is 0. The molecule has 0 aromatic heterocycles. The average molecular weight is 152 g/mol. The van der Waals surface area contributed by atoms with Crippen LogP contribution in [0.25, 0.3) is 0 Å². The molecule has 0 atom stereocenters. The lowest BCUT2D eigenvalue weighted by atomic mass is 10.9. The zero-order valence-corrected chi connectivity index (χ0v) is 5.53. The highest BCUT2D eigenvalue weighted by Crippen LogP contribution is 1.69. The van der Waals surface area contributed by atoms with Gasteiger partial charge in [0, 0.05) is 13.8 Å². The summed E-state index contributed by atoms with van der Waals surface area (Å²) in [6.07, 6.45) is 0. The number of hydrogen-bond donors (Lipinski definition) is 2. The molecular weight excluding hydrogens is 144 g/mol. The van der Waals surface area contributed by atoms with Crippen LogP contribution >= 0.6 is 0 Å². The normalized spacial score (nSPS) is 7.10. The molecule has 0 fully saturated rings. The molecule has 2 N–H and O–H groups in total. The molecule has 0 aliphatic carbocycles. The van der Waals surface area contributed by atoms with E-state index in [4.69, 9.17) is 15.2 Å². The molecule has 0 saturated carbocycles. The Morgan fingerprint density at radius 3 is 1.60 bits per heavy atom. The highest BCUT2D eigenvalue weighted by atomic mass is 17.5. The van der Waals surface area contributed by atoms with Gasteiger partial charge in [-0.25, -0.2) is 10.1 Å². The molecule has 0 aliphatic rings. The summed E-state index contributed by atoms with van der Waals surface area (Å²) in [6, 6.07) is 0. The van der Waals surface area contributed by atoms with Crippen LogP contribution in [0.2, 0.25) is 0 Å². The Labute approximate surface area is 56.8 Å². The van der Waals surface area contributed by atoms with E-state index in [9.17, 15) is 4.79 Å². The van der Waals surface area contributed by atoms with Crippen LogP contribution < -0.4 is 0 Å². The van der Waals surface area contributed by atoms with Gasteiger partial charge in [-0.15, -0.1) is 0 Å². The smallest absolute Gasteiger partial charge is 0.342 e. The Morgan fingerprint density at radius 1 is 1.30 bits per heavy atom. The van der Waals surface area contributed by atoms with Crippen LogP contribution in [0, 0.1) is 0 Å². The van der Waals surface area contributed by atoms with Gasteiger partial charge in [0.05, 0.1) is 0 Å². The van der Waals surface area contributed by atoms with Crippen molar-refractivity contribution in [2.24, 2.45) is 0 Å². The molecule has 6 nitrogen and oxygen atoms in total. The minimum absolute atomic E-state index is 0.683. The molecular formula is C4H8O6. The minimum atomic E-state index is -0.833. The third-order valence-electron chi connectivity index (χ3n) is 0.155. The monoisotopic (exact) mass is 152 g/mol. The summed E-state index contributed by atoms with van der Waals surface area (Å²) < 4.78 is 0. The molecule has 0 aromatic rings. The topological polar surface area (TPSA) is 93.1 Å². The summed E-state index contributed by atoms with van der Waals surface area (Å²) in [6.45, 7) is 2.19. The molecule has 0 saturated heterocycles. The summed E-state index contributed by atoms with van der Waals surface area (Å²) in [5.74, 6) is -1.52. The molecule has 0 aromatic carbocycles. The zero-order chi connectivity index (χ0) is 8.57. The number of carbonyl (C=O) groups is 2. The van der Waals surface area contributed by atoms with Crippen molar-refractivity contribution in [3.05, 3.63) is 0 Å². The highest BCUT2D eigenvalue weighted by molar-refractivity contribution is 5.65. The highest BCUT2D eigenvalue weighted by Gasteiger charge is 1.85. The maximum Gasteiger partial charge on any atom is 0.342 e. The number of rotatable bonds is 1. The Morgan fingerprint density at radius 2 is 1.60 bits per heavy atom. The summed E-state index contributed by atoms with van der Waals surface area (Å²) >= 11 is 0. The SMILES string of the molecule is CC(=O)O.CC(=O)OOO. The average Bonchev–Trinajstić information content (AvgIpc) is 1.62. The summed E-state index contributed by atoms with van der Waals surface area (Å²) in [5.41, 5.74) is 0. The number of carboxylic acid groups (broad SMARTS) is 1. The van der Waals surface area contributed by atoms with Crippen molar-refractivity contribution in [1.29, 1.82) is 0 Å². The second-order valence-corrected chi connectivity index (χ2v) is 1.17. The van der Waals surface area contributed by atoms with Crippen molar-refractivity contribution in [1.82, 2.24) is 0 Å². The molecule has 10 heavy (non-hydrogen) atoms. The van der Waals surface area contributed by atoms with Gasteiger partial charge < -0.3 is 5.11 Å². The molecule has 0 heterocycles. The van der Waals surface area contributed by atoms with Crippen LogP contribution in [0.4, 0.5) is 0 Å². The lowest BCUT2D eigenvalue weighted by molar-refractivity contribution is -0.461. The van der Waals surface area contributed by atoms with Gasteiger partial charge in [-0.3, -0.25) is 9.68 Å². The second kappa shape index (κ2) is 7.86. The van der Waals surface area contributed by atoms with Gasteiger partial charge in [0.2, 0.25) is 0 Å². The summed E-state index contributed by atoms with van der Waals surface area (Å²) in [7, 11) is 0. The van der Waals surface area contributed by atoms with E-state index in [-0.39, 0.29) is 0 Å². The predicted octanol–water partition coefficient (Wildman–Crippen LogP) is 0.0450. The maximum absolute atomic E-state index is 9.54. The fraction of sp³-hybridized carbons (Fsp3) is 0.500. The molecule has 0 unspecified atom stereocenters. The van der Waals surface area contributed by atoms with Gasteiger partial charge in [-0.2, -0.15) is 0 Å². The van der Waals surface area contributed by atoms with E-state index >= 15 is 0 Å². The lowest BCUT2D eigenvalue weighted by Gasteiger charge is -1.84. The first-order chi connectivity index (χ1) is 4.50. The van der Waals surface area contributed by atoms with Crippen molar-refractivity contribution in [2.75, 3.05) is 0 Å². The zero-order valence-electron chi connectivity index (χ0n) is 5.53. The number of carboxylic acids is 1. The number of carbonyl (C=O) groups excluding carboxylic acids is 1. The predicted molar refractivity (Wildman–Crippen MR) is 28.8 cm³/mol. The first-order valence-corrected chi connectivity index (χ1v) is 2.19. The van der Waals surface area contributed by atoms with Gasteiger partial charge in [0.15, 0.2) is 0 Å². The van der Waals surface area contributed by atoms with Gasteiger partial charge in [0.25, 0.3) is 5.97 Å². The molecule has 60 valence electrons. The van der Waals surface area contributed by atoms with E-state index in [0.29, 0.717) is 0 Å². The molecule has 0 bridgehead atoms. The molecule has 0 amide bonds.